The number of nitrogens with one attached hydrogen (secondary N) is 4. The van der Waals surface area contributed by atoms with Crippen LogP contribution in [0.25, 0.3) is 0 Å². The molecule has 1 fully saturated rings. The lowest BCUT2D eigenvalue weighted by atomic mass is 9.93. The normalized spacial score (nSPS) is 27.4. The molecule has 1 aliphatic rings. The van der Waals surface area contributed by atoms with E-state index in [0.717, 1.165) is 9.80 Å². The molecule has 0 aromatic heterocycles. The average molecular weight is 1260 g/mol. The summed E-state index contributed by atoms with van der Waals surface area (Å²) in [6.07, 6.45) is 1.02. The summed E-state index contributed by atoms with van der Waals surface area (Å²) in [5.41, 5.74) is 0. The van der Waals surface area contributed by atoms with Crippen molar-refractivity contribution in [1.82, 2.24) is 55.6 Å². The fraction of sp³-hybridized carbons (Fsp3) is 0.797. The SMILES string of the molecule is C/C=C/[C@@H](C)[C@@H](O)[C@H]1C(=O)N[C@@H](CC)C(=O)N(CC)[C@H](CC)C(=O)N(C)C([C@@H](C)OCCO)C(=O)N[C@@H](C(C)C)C(=O)N(C)[C@@H](CC(C)C)C(=O)N[C@@H](C)C(=O)N[C@H](C)C(=O)N(C)[C@@H](CC(C)C)C(=O)N(C)[C@@H](CC(C)C)C(=O)N(C)[C@@H](C(C)C)C(=O)N1C. The first kappa shape index (κ1) is 80.8. The molecule has 25 nitrogen and oxygen atoms in total. The Kier molecular flexibility index (Phi) is 33.8. The summed E-state index contributed by atoms with van der Waals surface area (Å²) in [6.45, 7) is 29.8. The van der Waals surface area contributed by atoms with Gasteiger partial charge in [-0.05, 0) is 96.3 Å². The number of aliphatic hydroxyl groups is 2. The molecule has 1 unspecified atom stereocenters. The van der Waals surface area contributed by atoms with Gasteiger partial charge in [0.15, 0.2) is 0 Å². The number of rotatable bonds is 18. The number of hydrogen-bond donors (Lipinski definition) is 6. The van der Waals surface area contributed by atoms with Crippen LogP contribution in [-0.2, 0) is 57.5 Å². The first-order valence-corrected chi connectivity index (χ1v) is 31.9. The van der Waals surface area contributed by atoms with Crippen molar-refractivity contribution in [2.24, 2.45) is 35.5 Å². The van der Waals surface area contributed by atoms with Crippen LogP contribution in [0.5, 0.6) is 0 Å². The molecule has 1 aliphatic heterocycles. The number of aliphatic hydroxyl groups excluding tert-OH is 2. The van der Waals surface area contributed by atoms with Gasteiger partial charge in [0, 0.05) is 54.7 Å². The van der Waals surface area contributed by atoms with Crippen LogP contribution in [0.3, 0.4) is 0 Å². The van der Waals surface area contributed by atoms with E-state index >= 15 is 14.4 Å². The van der Waals surface area contributed by atoms with Gasteiger partial charge in [-0.25, -0.2) is 0 Å². The van der Waals surface area contributed by atoms with Crippen molar-refractivity contribution < 1.29 is 67.7 Å². The maximum absolute atomic E-state index is 15.2. The van der Waals surface area contributed by atoms with Crippen LogP contribution in [0.15, 0.2) is 12.2 Å². The van der Waals surface area contributed by atoms with E-state index in [-0.39, 0.29) is 63.0 Å². The van der Waals surface area contributed by atoms with Gasteiger partial charge in [-0.3, -0.25) is 52.7 Å². The summed E-state index contributed by atoms with van der Waals surface area (Å²) >= 11 is 0. The van der Waals surface area contributed by atoms with Gasteiger partial charge in [-0.15, -0.1) is 0 Å². The lowest BCUT2D eigenvalue weighted by Gasteiger charge is -2.41. The zero-order valence-corrected chi connectivity index (χ0v) is 58.2. The fourth-order valence-corrected chi connectivity index (χ4v) is 11.5. The number of amides is 11. The summed E-state index contributed by atoms with van der Waals surface area (Å²) in [7, 11) is 8.38. The number of hydrogen-bond acceptors (Lipinski definition) is 14. The lowest BCUT2D eigenvalue weighted by Crippen LogP contribution is -2.64. The van der Waals surface area contributed by atoms with Gasteiger partial charge in [0.05, 0.1) is 25.4 Å². The minimum absolute atomic E-state index is 0.0157. The summed E-state index contributed by atoms with van der Waals surface area (Å²) < 4.78 is 5.86. The average Bonchev–Trinajstić information content (AvgIpc) is 2.37. The van der Waals surface area contributed by atoms with Gasteiger partial charge < -0.3 is 70.5 Å². The second-order valence-electron chi connectivity index (χ2n) is 26.1. The molecule has 0 aliphatic carbocycles. The van der Waals surface area contributed by atoms with Gasteiger partial charge >= 0.3 is 0 Å². The first-order valence-electron chi connectivity index (χ1n) is 31.9. The number of likely N-dealkylation sites (N-methyl/N-ethyl adjacent to an activating group) is 7. The Balaban J connectivity index is 4.49. The summed E-state index contributed by atoms with van der Waals surface area (Å²) in [5, 5.41) is 32.8. The molecule has 0 spiro atoms. The highest BCUT2D eigenvalue weighted by atomic mass is 16.5. The topological polar surface area (TPSA) is 308 Å². The summed E-state index contributed by atoms with van der Waals surface area (Å²) in [6, 6.07) is -14.4. The predicted molar refractivity (Wildman–Crippen MR) is 341 cm³/mol. The molecule has 1 heterocycles. The molecule has 0 bridgehead atoms. The predicted octanol–water partition coefficient (Wildman–Crippen LogP) is 2.40. The molecule has 14 atom stereocenters. The molecule has 1 rings (SSSR count). The number of carbonyl (C=O) groups is 11. The van der Waals surface area contributed by atoms with E-state index in [1.807, 2.05) is 41.5 Å². The zero-order chi connectivity index (χ0) is 69.0. The Hall–Kier alpha value is -6.21. The number of allylic oxidation sites excluding steroid dienone is 1. The van der Waals surface area contributed by atoms with Crippen molar-refractivity contribution in [3.63, 3.8) is 0 Å². The molecule has 0 aromatic carbocycles. The van der Waals surface area contributed by atoms with Crippen LogP contribution in [0.1, 0.15) is 157 Å². The van der Waals surface area contributed by atoms with Crippen LogP contribution in [0, 0.1) is 35.5 Å². The molecule has 0 radical (unpaired) electrons. The molecule has 89 heavy (non-hydrogen) atoms. The van der Waals surface area contributed by atoms with Crippen molar-refractivity contribution >= 4 is 65.0 Å². The smallest absolute Gasteiger partial charge is 0.246 e. The quantitative estimate of drug-likeness (QED) is 0.108. The first-order chi connectivity index (χ1) is 41.3. The number of carbonyl (C=O) groups excluding carboxylic acids is 11. The van der Waals surface area contributed by atoms with E-state index in [1.54, 1.807) is 74.5 Å². The maximum Gasteiger partial charge on any atom is 0.246 e. The monoisotopic (exact) mass is 1260 g/mol. The van der Waals surface area contributed by atoms with E-state index in [4.69, 9.17) is 4.74 Å². The highest BCUT2D eigenvalue weighted by Crippen LogP contribution is 2.26. The van der Waals surface area contributed by atoms with Gasteiger partial charge in [-0.2, -0.15) is 0 Å². The van der Waals surface area contributed by atoms with Crippen LogP contribution in [0.2, 0.25) is 0 Å². The minimum atomic E-state index is -1.67. The van der Waals surface area contributed by atoms with Gasteiger partial charge in [0.25, 0.3) is 0 Å². The van der Waals surface area contributed by atoms with E-state index in [1.165, 1.54) is 87.6 Å². The second kappa shape index (κ2) is 37.2. The van der Waals surface area contributed by atoms with Gasteiger partial charge in [0.2, 0.25) is 65.0 Å². The maximum atomic E-state index is 15.2. The number of nitrogens with zero attached hydrogens (tertiary/aromatic N) is 7. The van der Waals surface area contributed by atoms with E-state index in [0.29, 0.717) is 0 Å². The van der Waals surface area contributed by atoms with E-state index in [9.17, 15) is 48.6 Å². The molecular weight excluding hydrogens is 1150 g/mol. The van der Waals surface area contributed by atoms with Crippen molar-refractivity contribution in [3.8, 4) is 0 Å². The third kappa shape index (κ3) is 21.7. The van der Waals surface area contributed by atoms with Crippen molar-refractivity contribution in [2.75, 3.05) is 62.0 Å². The molecule has 11 amide bonds. The summed E-state index contributed by atoms with van der Waals surface area (Å²) in [4.78, 5) is 171. The third-order valence-corrected chi connectivity index (χ3v) is 16.8. The molecule has 0 aromatic rings. The summed E-state index contributed by atoms with van der Waals surface area (Å²) in [5.74, 6) is -10.4. The van der Waals surface area contributed by atoms with Crippen LogP contribution < -0.4 is 21.3 Å². The van der Waals surface area contributed by atoms with Crippen LogP contribution in [0.4, 0.5) is 0 Å². The Morgan fingerprint density at radius 1 is 0.472 bits per heavy atom. The Bertz CT molecular complexity index is 2420. The van der Waals surface area contributed by atoms with Gasteiger partial charge in [-0.1, -0.05) is 102 Å². The Morgan fingerprint density at radius 2 is 0.910 bits per heavy atom. The van der Waals surface area contributed by atoms with Crippen LogP contribution in [-0.4, -0.2) is 250 Å². The Labute approximate surface area is 531 Å². The molecule has 0 saturated carbocycles. The molecule has 510 valence electrons. The largest absolute Gasteiger partial charge is 0.394 e. The fourth-order valence-electron chi connectivity index (χ4n) is 11.5. The minimum Gasteiger partial charge on any atom is -0.394 e. The third-order valence-electron chi connectivity index (χ3n) is 16.8. The zero-order valence-electron chi connectivity index (χ0n) is 58.2. The molecule has 1 saturated heterocycles. The second-order valence-corrected chi connectivity index (χ2v) is 26.1. The van der Waals surface area contributed by atoms with Crippen molar-refractivity contribution in [1.29, 1.82) is 0 Å². The molecular formula is C64H115N11O14. The van der Waals surface area contributed by atoms with E-state index in [2.05, 4.69) is 21.3 Å². The van der Waals surface area contributed by atoms with Crippen molar-refractivity contribution in [3.05, 3.63) is 12.2 Å². The lowest BCUT2D eigenvalue weighted by molar-refractivity contribution is -0.157. The standard InChI is InChI=1S/C64H115N11O14/c1-25-29-40(15)53(77)52-57(81)67-44(26-2)59(83)75(28-4)45(27-3)60(84)73(23)51(43(18)89-31-30-76)56(80)68-49(38(11)12)63(87)69(19)46(32-35(5)6)55(79)65-41(16)54(78)66-42(17)58(82)70(20)47(33-36(7)8)61(85)71(21)48(34-37(9)10)62(86)72(22)50(39(13)14)64(88)74(52)24/h25,29,35-53,76-77H,26-28,30-34H2,1-24H3,(H,65,79)(H,66,78)(H,67,81)(H,68,80)/b29-25+/t40-,41+,42-,43-,44+,45-,46+,47+,48+,49+,50+,51?,52+,53-/m1/s1. The highest BCUT2D eigenvalue weighted by molar-refractivity contribution is 6.00. The van der Waals surface area contributed by atoms with E-state index < -0.39 is 168 Å². The Morgan fingerprint density at radius 3 is 1.36 bits per heavy atom. The van der Waals surface area contributed by atoms with Crippen molar-refractivity contribution in [2.45, 2.75) is 235 Å². The van der Waals surface area contributed by atoms with Crippen LogP contribution >= 0.6 is 0 Å². The molecule has 25 heteroatoms. The molecule has 6 N–H and O–H groups in total. The van der Waals surface area contributed by atoms with Gasteiger partial charge in [0.1, 0.15) is 66.5 Å². The highest BCUT2D eigenvalue weighted by Gasteiger charge is 2.47. The number of ether oxygens (including phenoxy) is 1.